The number of nitrogens with zero attached hydrogens (tertiary/aromatic N) is 2. The van der Waals surface area contributed by atoms with Gasteiger partial charge >= 0.3 is 0 Å². The molecular weight excluding hydrogens is 354 g/mol. The molecule has 3 heterocycles. The zero-order valence-electron chi connectivity index (χ0n) is 14.7. The van der Waals surface area contributed by atoms with Crippen LogP contribution >= 0.6 is 22.7 Å². The summed E-state index contributed by atoms with van der Waals surface area (Å²) < 4.78 is 5.74. The SMILES string of the molecule is CC1CN(CCCNC(=O)Cc2csc(-c3ccsc3)n2)CC(C)O1. The van der Waals surface area contributed by atoms with Crippen molar-refractivity contribution in [2.24, 2.45) is 0 Å². The maximum Gasteiger partial charge on any atom is 0.226 e. The summed E-state index contributed by atoms with van der Waals surface area (Å²) in [6, 6.07) is 2.06. The molecule has 0 radical (unpaired) electrons. The Morgan fingerprint density at radius 2 is 2.16 bits per heavy atom. The average molecular weight is 380 g/mol. The molecule has 2 atom stereocenters. The molecule has 0 aliphatic carbocycles. The Kier molecular flexibility index (Phi) is 6.58. The highest BCUT2D eigenvalue weighted by molar-refractivity contribution is 7.14. The number of carbonyl (C=O) groups is 1. The fourth-order valence-electron chi connectivity index (χ4n) is 3.13. The zero-order valence-corrected chi connectivity index (χ0v) is 16.4. The number of thiazole rings is 1. The van der Waals surface area contributed by atoms with Gasteiger partial charge in [0.15, 0.2) is 0 Å². The van der Waals surface area contributed by atoms with Gasteiger partial charge in [-0.3, -0.25) is 9.69 Å². The molecule has 136 valence electrons. The predicted molar refractivity (Wildman–Crippen MR) is 103 cm³/mol. The third-order valence-corrected chi connectivity index (χ3v) is 5.75. The van der Waals surface area contributed by atoms with Gasteiger partial charge in [0.25, 0.3) is 0 Å². The number of aromatic nitrogens is 1. The third kappa shape index (κ3) is 5.60. The van der Waals surface area contributed by atoms with Crippen LogP contribution in [0, 0.1) is 0 Å². The maximum atomic E-state index is 12.1. The van der Waals surface area contributed by atoms with E-state index < -0.39 is 0 Å². The summed E-state index contributed by atoms with van der Waals surface area (Å²) in [4.78, 5) is 19.1. The Labute approximate surface area is 157 Å². The van der Waals surface area contributed by atoms with Crippen LogP contribution in [-0.4, -0.2) is 54.2 Å². The van der Waals surface area contributed by atoms with E-state index in [2.05, 4.69) is 40.5 Å². The lowest BCUT2D eigenvalue weighted by Crippen LogP contribution is -2.46. The minimum atomic E-state index is 0.0471. The van der Waals surface area contributed by atoms with Gasteiger partial charge in [-0.15, -0.1) is 11.3 Å². The van der Waals surface area contributed by atoms with E-state index >= 15 is 0 Å². The van der Waals surface area contributed by atoms with Gasteiger partial charge < -0.3 is 10.1 Å². The van der Waals surface area contributed by atoms with Crippen molar-refractivity contribution in [1.29, 1.82) is 0 Å². The topological polar surface area (TPSA) is 54.5 Å². The summed E-state index contributed by atoms with van der Waals surface area (Å²) in [5.41, 5.74) is 1.98. The van der Waals surface area contributed by atoms with Gasteiger partial charge in [-0.05, 0) is 31.7 Å². The van der Waals surface area contributed by atoms with Gasteiger partial charge in [-0.25, -0.2) is 4.98 Å². The van der Waals surface area contributed by atoms with Crippen molar-refractivity contribution in [3.8, 4) is 10.6 Å². The molecule has 0 saturated carbocycles. The van der Waals surface area contributed by atoms with E-state index in [-0.39, 0.29) is 5.91 Å². The Hall–Kier alpha value is -1.28. The Balaban J connectivity index is 1.36. The summed E-state index contributed by atoms with van der Waals surface area (Å²) >= 11 is 3.25. The molecule has 2 aromatic rings. The Morgan fingerprint density at radius 3 is 2.88 bits per heavy atom. The molecule has 0 bridgehead atoms. The normalized spacial score (nSPS) is 21.4. The lowest BCUT2D eigenvalue weighted by molar-refractivity contribution is -0.120. The van der Waals surface area contributed by atoms with Crippen molar-refractivity contribution in [1.82, 2.24) is 15.2 Å². The molecule has 1 aliphatic heterocycles. The fourth-order valence-corrected chi connectivity index (χ4v) is 4.66. The molecule has 1 N–H and O–H groups in total. The van der Waals surface area contributed by atoms with Gasteiger partial charge in [0.1, 0.15) is 5.01 Å². The third-order valence-electron chi connectivity index (χ3n) is 4.13. The van der Waals surface area contributed by atoms with Crippen LogP contribution in [0.25, 0.3) is 10.6 Å². The number of thiophene rings is 1. The van der Waals surface area contributed by atoms with Crippen LogP contribution < -0.4 is 5.32 Å². The largest absolute Gasteiger partial charge is 0.373 e. The van der Waals surface area contributed by atoms with Gasteiger partial charge in [-0.2, -0.15) is 11.3 Å². The highest BCUT2D eigenvalue weighted by atomic mass is 32.1. The lowest BCUT2D eigenvalue weighted by Gasteiger charge is -2.35. The smallest absolute Gasteiger partial charge is 0.226 e. The molecule has 3 rings (SSSR count). The highest BCUT2D eigenvalue weighted by Crippen LogP contribution is 2.25. The standard InChI is InChI=1S/C18H25N3O2S2/c1-13-9-21(10-14(2)23-13)6-3-5-19-17(22)8-16-12-25-18(20-16)15-4-7-24-11-15/h4,7,11-14H,3,5-6,8-10H2,1-2H3,(H,19,22). The first-order valence-corrected chi connectivity index (χ1v) is 10.5. The molecular formula is C18H25N3O2S2. The van der Waals surface area contributed by atoms with Crippen LogP contribution in [0.3, 0.4) is 0 Å². The van der Waals surface area contributed by atoms with E-state index in [9.17, 15) is 4.79 Å². The first-order valence-electron chi connectivity index (χ1n) is 8.71. The van der Waals surface area contributed by atoms with Crippen molar-refractivity contribution < 1.29 is 9.53 Å². The lowest BCUT2D eigenvalue weighted by atomic mass is 10.2. The number of morpholine rings is 1. The average Bonchev–Trinajstić information content (AvgIpc) is 3.21. The van der Waals surface area contributed by atoms with E-state index in [0.717, 1.165) is 42.3 Å². The molecule has 0 aromatic carbocycles. The second-order valence-corrected chi connectivity index (χ2v) is 8.19. The number of amides is 1. The summed E-state index contributed by atoms with van der Waals surface area (Å²) in [6.45, 7) is 7.88. The number of carbonyl (C=O) groups excluding carboxylic acids is 1. The summed E-state index contributed by atoms with van der Waals surface area (Å²) in [6.07, 6.45) is 1.90. The van der Waals surface area contributed by atoms with Gasteiger partial charge in [0, 0.05) is 42.5 Å². The van der Waals surface area contributed by atoms with Crippen molar-refractivity contribution in [3.05, 3.63) is 27.9 Å². The quantitative estimate of drug-likeness (QED) is 0.752. The second-order valence-electron chi connectivity index (χ2n) is 6.55. The number of nitrogens with one attached hydrogen (secondary N) is 1. The molecule has 0 spiro atoms. The van der Waals surface area contributed by atoms with Crippen LogP contribution in [0.15, 0.2) is 22.2 Å². The van der Waals surface area contributed by atoms with Gasteiger partial charge in [-0.1, -0.05) is 0 Å². The first kappa shape index (κ1) is 18.5. The van der Waals surface area contributed by atoms with E-state index in [1.807, 2.05) is 10.8 Å². The summed E-state index contributed by atoms with van der Waals surface area (Å²) in [5.74, 6) is 0.0471. The van der Waals surface area contributed by atoms with Crippen molar-refractivity contribution in [2.45, 2.75) is 38.9 Å². The molecule has 25 heavy (non-hydrogen) atoms. The van der Waals surface area contributed by atoms with E-state index in [4.69, 9.17) is 4.74 Å². The molecule has 1 saturated heterocycles. The molecule has 1 amide bonds. The number of ether oxygens (including phenoxy) is 1. The molecule has 5 nitrogen and oxygen atoms in total. The van der Waals surface area contributed by atoms with E-state index in [1.54, 1.807) is 22.7 Å². The van der Waals surface area contributed by atoms with Crippen LogP contribution in [0.4, 0.5) is 0 Å². The molecule has 1 aliphatic rings. The first-order chi connectivity index (χ1) is 12.1. The molecule has 2 unspecified atom stereocenters. The summed E-state index contributed by atoms with van der Waals surface area (Å²) in [7, 11) is 0. The molecule has 2 aromatic heterocycles. The van der Waals surface area contributed by atoms with E-state index in [1.165, 1.54) is 0 Å². The maximum absolute atomic E-state index is 12.1. The highest BCUT2D eigenvalue weighted by Gasteiger charge is 2.21. The van der Waals surface area contributed by atoms with Crippen LogP contribution in [0.1, 0.15) is 26.0 Å². The Morgan fingerprint density at radius 1 is 1.36 bits per heavy atom. The number of hydrogen-bond donors (Lipinski definition) is 1. The van der Waals surface area contributed by atoms with Crippen molar-refractivity contribution in [3.63, 3.8) is 0 Å². The van der Waals surface area contributed by atoms with Gasteiger partial charge in [0.05, 0.1) is 24.3 Å². The fraction of sp³-hybridized carbons (Fsp3) is 0.556. The van der Waals surface area contributed by atoms with Crippen molar-refractivity contribution in [2.75, 3.05) is 26.2 Å². The van der Waals surface area contributed by atoms with Gasteiger partial charge in [0.2, 0.25) is 5.91 Å². The van der Waals surface area contributed by atoms with Crippen molar-refractivity contribution >= 4 is 28.6 Å². The minimum Gasteiger partial charge on any atom is -0.373 e. The monoisotopic (exact) mass is 379 g/mol. The van der Waals surface area contributed by atoms with Crippen LogP contribution in [-0.2, 0) is 16.0 Å². The zero-order chi connectivity index (χ0) is 17.6. The number of hydrogen-bond acceptors (Lipinski definition) is 6. The molecule has 7 heteroatoms. The van der Waals surface area contributed by atoms with E-state index in [0.29, 0.717) is 25.2 Å². The number of rotatable bonds is 7. The summed E-state index contributed by atoms with van der Waals surface area (Å²) in [5, 5.41) is 10.1. The minimum absolute atomic E-state index is 0.0471. The Bertz CT molecular complexity index is 662. The second kappa shape index (κ2) is 8.89. The van der Waals surface area contributed by atoms with Crippen LogP contribution in [0.2, 0.25) is 0 Å². The predicted octanol–water partition coefficient (Wildman–Crippen LogP) is 3.03. The molecule has 1 fully saturated rings. The van der Waals surface area contributed by atoms with Crippen LogP contribution in [0.5, 0.6) is 0 Å².